The lowest BCUT2D eigenvalue weighted by molar-refractivity contribution is 0.120. The number of hydrogen-bond donors (Lipinski definition) is 1. The maximum atomic E-state index is 5.95. The maximum absolute atomic E-state index is 5.95. The van der Waals surface area contributed by atoms with Crippen LogP contribution in [0.25, 0.3) is 0 Å². The van der Waals surface area contributed by atoms with Gasteiger partial charge in [0.15, 0.2) is 0 Å². The molecule has 2 aliphatic carbocycles. The molecule has 2 rings (SSSR count). The van der Waals surface area contributed by atoms with Crippen molar-refractivity contribution in [2.75, 3.05) is 20.1 Å². The van der Waals surface area contributed by atoms with Crippen LogP contribution in [0.3, 0.4) is 0 Å². The lowest BCUT2D eigenvalue weighted by Crippen LogP contribution is -2.43. The van der Waals surface area contributed by atoms with E-state index in [9.17, 15) is 0 Å². The van der Waals surface area contributed by atoms with Gasteiger partial charge in [0.1, 0.15) is 0 Å². The Kier molecular flexibility index (Phi) is 4.66. The first-order valence-corrected chi connectivity index (χ1v) is 7.21. The summed E-state index contributed by atoms with van der Waals surface area (Å²) in [6.07, 6.45) is 11.4. The minimum atomic E-state index is 0.757. The molecule has 0 saturated heterocycles. The molecular formula is C14H28N2. The quantitative estimate of drug-likeness (QED) is 0.744. The Balaban J connectivity index is 1.86. The van der Waals surface area contributed by atoms with Crippen LogP contribution in [-0.4, -0.2) is 31.1 Å². The molecule has 0 aromatic heterocycles. The van der Waals surface area contributed by atoms with E-state index in [4.69, 9.17) is 5.73 Å². The zero-order valence-electron chi connectivity index (χ0n) is 10.8. The second-order valence-corrected chi connectivity index (χ2v) is 5.94. The highest BCUT2D eigenvalue weighted by Crippen LogP contribution is 2.31. The zero-order valence-corrected chi connectivity index (χ0v) is 10.8. The van der Waals surface area contributed by atoms with Crippen LogP contribution in [0, 0.1) is 11.8 Å². The molecule has 0 aromatic rings. The van der Waals surface area contributed by atoms with E-state index in [1.807, 2.05) is 0 Å². The Morgan fingerprint density at radius 1 is 1.00 bits per heavy atom. The summed E-state index contributed by atoms with van der Waals surface area (Å²) in [6, 6.07) is 0.771. The van der Waals surface area contributed by atoms with Crippen LogP contribution in [0.2, 0.25) is 0 Å². The zero-order chi connectivity index (χ0) is 11.4. The van der Waals surface area contributed by atoms with Gasteiger partial charge in [-0.1, -0.05) is 25.7 Å². The van der Waals surface area contributed by atoms with Crippen LogP contribution < -0.4 is 5.73 Å². The summed E-state index contributed by atoms with van der Waals surface area (Å²) in [5.41, 5.74) is 5.95. The SMILES string of the molecule is CN(CC1CCC1)C1CCCCCC1CN. The van der Waals surface area contributed by atoms with E-state index in [0.717, 1.165) is 24.4 Å². The van der Waals surface area contributed by atoms with Crippen molar-refractivity contribution in [3.8, 4) is 0 Å². The Morgan fingerprint density at radius 2 is 1.75 bits per heavy atom. The van der Waals surface area contributed by atoms with E-state index in [1.54, 1.807) is 0 Å². The molecule has 0 amide bonds. The first-order chi connectivity index (χ1) is 7.81. The third-order valence-corrected chi connectivity index (χ3v) is 4.76. The van der Waals surface area contributed by atoms with E-state index in [1.165, 1.54) is 57.9 Å². The van der Waals surface area contributed by atoms with Gasteiger partial charge in [-0.3, -0.25) is 0 Å². The van der Waals surface area contributed by atoms with Gasteiger partial charge in [0.25, 0.3) is 0 Å². The van der Waals surface area contributed by atoms with Gasteiger partial charge in [-0.05, 0) is 51.1 Å². The molecule has 94 valence electrons. The van der Waals surface area contributed by atoms with Crippen LogP contribution in [0.1, 0.15) is 51.4 Å². The molecule has 2 heteroatoms. The molecule has 0 bridgehead atoms. The number of hydrogen-bond acceptors (Lipinski definition) is 2. The second-order valence-electron chi connectivity index (χ2n) is 5.94. The summed E-state index contributed by atoms with van der Waals surface area (Å²) in [4.78, 5) is 2.63. The van der Waals surface area contributed by atoms with Gasteiger partial charge < -0.3 is 10.6 Å². The fourth-order valence-electron chi connectivity index (χ4n) is 3.44. The summed E-state index contributed by atoms with van der Waals surface area (Å²) in [5.74, 6) is 1.75. The summed E-state index contributed by atoms with van der Waals surface area (Å²) >= 11 is 0. The van der Waals surface area contributed by atoms with Crippen molar-refractivity contribution in [1.82, 2.24) is 4.90 Å². The largest absolute Gasteiger partial charge is 0.330 e. The highest BCUT2D eigenvalue weighted by Gasteiger charge is 2.28. The van der Waals surface area contributed by atoms with Crippen LogP contribution >= 0.6 is 0 Å². The molecule has 0 heterocycles. The second kappa shape index (κ2) is 6.02. The highest BCUT2D eigenvalue weighted by atomic mass is 15.1. The number of rotatable bonds is 4. The van der Waals surface area contributed by atoms with Gasteiger partial charge >= 0.3 is 0 Å². The number of nitrogens with zero attached hydrogens (tertiary/aromatic N) is 1. The molecule has 2 unspecified atom stereocenters. The van der Waals surface area contributed by atoms with Gasteiger partial charge in [-0.25, -0.2) is 0 Å². The molecule has 2 N–H and O–H groups in total. The third kappa shape index (κ3) is 2.98. The van der Waals surface area contributed by atoms with Gasteiger partial charge in [-0.15, -0.1) is 0 Å². The predicted molar refractivity (Wildman–Crippen MR) is 69.4 cm³/mol. The van der Waals surface area contributed by atoms with Crippen LogP contribution in [0.4, 0.5) is 0 Å². The summed E-state index contributed by atoms with van der Waals surface area (Å²) < 4.78 is 0. The molecule has 0 aliphatic heterocycles. The van der Waals surface area contributed by atoms with Crippen molar-refractivity contribution in [3.05, 3.63) is 0 Å². The molecule has 0 radical (unpaired) electrons. The molecular weight excluding hydrogens is 196 g/mol. The summed E-state index contributed by atoms with van der Waals surface area (Å²) in [7, 11) is 2.33. The molecule has 0 spiro atoms. The van der Waals surface area contributed by atoms with Gasteiger partial charge in [0, 0.05) is 12.6 Å². The smallest absolute Gasteiger partial charge is 0.0133 e. The molecule has 2 fully saturated rings. The van der Waals surface area contributed by atoms with Crippen molar-refractivity contribution in [2.45, 2.75) is 57.4 Å². The molecule has 2 atom stereocenters. The fraction of sp³-hybridized carbons (Fsp3) is 1.00. The fourth-order valence-corrected chi connectivity index (χ4v) is 3.44. The van der Waals surface area contributed by atoms with Gasteiger partial charge in [0.2, 0.25) is 0 Å². The van der Waals surface area contributed by atoms with E-state index in [2.05, 4.69) is 11.9 Å². The molecule has 2 saturated carbocycles. The third-order valence-electron chi connectivity index (χ3n) is 4.76. The normalized spacial score (nSPS) is 32.4. The minimum Gasteiger partial charge on any atom is -0.330 e. The summed E-state index contributed by atoms with van der Waals surface area (Å²) in [5, 5.41) is 0. The first-order valence-electron chi connectivity index (χ1n) is 7.21. The standard InChI is InChI=1S/C14H28N2/c1-16(11-12-6-5-7-12)14-9-4-2-3-8-13(14)10-15/h12-14H,2-11,15H2,1H3. The monoisotopic (exact) mass is 224 g/mol. The average Bonchev–Trinajstić information content (AvgIpc) is 2.47. The molecule has 2 nitrogen and oxygen atoms in total. The van der Waals surface area contributed by atoms with E-state index >= 15 is 0 Å². The molecule has 2 aliphatic rings. The van der Waals surface area contributed by atoms with Crippen molar-refractivity contribution in [2.24, 2.45) is 17.6 Å². The lowest BCUT2D eigenvalue weighted by Gasteiger charge is -2.37. The van der Waals surface area contributed by atoms with Crippen molar-refractivity contribution in [3.63, 3.8) is 0 Å². The summed E-state index contributed by atoms with van der Waals surface area (Å²) in [6.45, 7) is 2.21. The average molecular weight is 224 g/mol. The predicted octanol–water partition coefficient (Wildman–Crippen LogP) is 2.63. The minimum absolute atomic E-state index is 0.757. The maximum Gasteiger partial charge on any atom is 0.0133 e. The van der Waals surface area contributed by atoms with E-state index < -0.39 is 0 Å². The highest BCUT2D eigenvalue weighted by molar-refractivity contribution is 4.83. The Bertz CT molecular complexity index is 201. The van der Waals surface area contributed by atoms with Crippen LogP contribution in [-0.2, 0) is 0 Å². The van der Waals surface area contributed by atoms with Crippen molar-refractivity contribution < 1.29 is 0 Å². The lowest BCUT2D eigenvalue weighted by atomic mass is 9.84. The Hall–Kier alpha value is -0.0800. The van der Waals surface area contributed by atoms with Gasteiger partial charge in [0.05, 0.1) is 0 Å². The Morgan fingerprint density at radius 3 is 2.38 bits per heavy atom. The van der Waals surface area contributed by atoms with E-state index in [0.29, 0.717) is 0 Å². The van der Waals surface area contributed by atoms with Crippen molar-refractivity contribution in [1.29, 1.82) is 0 Å². The van der Waals surface area contributed by atoms with Gasteiger partial charge in [-0.2, -0.15) is 0 Å². The Labute approximate surface area is 101 Å². The first kappa shape index (κ1) is 12.4. The molecule has 16 heavy (non-hydrogen) atoms. The number of nitrogens with two attached hydrogens (primary N) is 1. The van der Waals surface area contributed by atoms with Crippen LogP contribution in [0.15, 0.2) is 0 Å². The van der Waals surface area contributed by atoms with E-state index in [-0.39, 0.29) is 0 Å². The topological polar surface area (TPSA) is 29.3 Å². The van der Waals surface area contributed by atoms with Crippen molar-refractivity contribution >= 4 is 0 Å². The molecule has 0 aromatic carbocycles. The van der Waals surface area contributed by atoms with Crippen LogP contribution in [0.5, 0.6) is 0 Å².